The molecule has 1 aliphatic rings. The van der Waals surface area contributed by atoms with E-state index in [1.807, 2.05) is 6.92 Å². The van der Waals surface area contributed by atoms with Crippen LogP contribution in [-0.4, -0.2) is 26.5 Å². The summed E-state index contributed by atoms with van der Waals surface area (Å²) in [5.41, 5.74) is -1.37. The molecule has 1 fully saturated rings. The smallest absolute Gasteiger partial charge is 0.329 e. The Labute approximate surface area is 116 Å². The monoisotopic (exact) mass is 279 g/mol. The lowest BCUT2D eigenvalue weighted by Crippen LogP contribution is -2.49. The second kappa shape index (κ2) is 5.44. The van der Waals surface area contributed by atoms with E-state index in [2.05, 4.69) is 10.3 Å². The fourth-order valence-corrected chi connectivity index (χ4v) is 2.78. The van der Waals surface area contributed by atoms with Crippen LogP contribution in [0.15, 0.2) is 18.3 Å². The number of carboxylic acid groups (broad SMARTS) is 1. The number of nitrogens with one attached hydrogen (secondary N) is 1. The Kier molecular flexibility index (Phi) is 3.87. The van der Waals surface area contributed by atoms with Crippen LogP contribution < -0.4 is 5.32 Å². The van der Waals surface area contributed by atoms with Gasteiger partial charge in [-0.3, -0.25) is 10.1 Å². The topological polar surface area (TPSA) is 105 Å². The average molecular weight is 279 g/mol. The normalized spacial score (nSPS) is 25.9. The van der Waals surface area contributed by atoms with E-state index in [1.54, 1.807) is 0 Å². The number of hydrogen-bond donors (Lipinski definition) is 2. The van der Waals surface area contributed by atoms with Crippen molar-refractivity contribution in [2.75, 3.05) is 5.32 Å². The molecule has 1 aromatic heterocycles. The van der Waals surface area contributed by atoms with Crippen molar-refractivity contribution in [2.45, 2.75) is 38.1 Å². The number of anilines is 1. The minimum Gasteiger partial charge on any atom is -0.480 e. The number of nitrogens with zero attached hydrogens (tertiary/aromatic N) is 2. The zero-order valence-electron chi connectivity index (χ0n) is 11.2. The molecule has 2 rings (SSSR count). The summed E-state index contributed by atoms with van der Waals surface area (Å²) in [4.78, 5) is 26.0. The molecule has 2 unspecified atom stereocenters. The molecule has 1 heterocycles. The Balaban J connectivity index is 2.34. The van der Waals surface area contributed by atoms with Gasteiger partial charge in [-0.15, -0.1) is 0 Å². The first-order valence-electron chi connectivity index (χ1n) is 6.55. The first-order valence-corrected chi connectivity index (χ1v) is 6.55. The van der Waals surface area contributed by atoms with E-state index in [-0.39, 0.29) is 17.4 Å². The third kappa shape index (κ3) is 2.71. The molecule has 20 heavy (non-hydrogen) atoms. The molecule has 0 aliphatic heterocycles. The maximum Gasteiger partial charge on any atom is 0.329 e. The van der Waals surface area contributed by atoms with E-state index in [0.29, 0.717) is 12.8 Å². The molecule has 1 aromatic rings. The van der Waals surface area contributed by atoms with E-state index in [1.165, 1.54) is 18.3 Å². The molecule has 7 heteroatoms. The van der Waals surface area contributed by atoms with Gasteiger partial charge in [-0.05, 0) is 24.8 Å². The molecule has 1 saturated carbocycles. The molecule has 0 bridgehead atoms. The van der Waals surface area contributed by atoms with Crippen LogP contribution >= 0.6 is 0 Å². The molecule has 7 nitrogen and oxygen atoms in total. The van der Waals surface area contributed by atoms with E-state index in [9.17, 15) is 20.0 Å². The fourth-order valence-electron chi connectivity index (χ4n) is 2.78. The number of rotatable bonds is 4. The van der Waals surface area contributed by atoms with Crippen LogP contribution in [0, 0.1) is 16.0 Å². The third-order valence-electron chi connectivity index (χ3n) is 3.75. The van der Waals surface area contributed by atoms with Crippen LogP contribution in [0.2, 0.25) is 0 Å². The summed E-state index contributed by atoms with van der Waals surface area (Å²) in [5.74, 6) is -0.701. The van der Waals surface area contributed by atoms with Crippen LogP contribution in [0.4, 0.5) is 11.5 Å². The lowest BCUT2D eigenvalue weighted by atomic mass is 9.76. The number of nitro groups is 1. The van der Waals surface area contributed by atoms with Gasteiger partial charge in [0.2, 0.25) is 5.82 Å². The van der Waals surface area contributed by atoms with Crippen molar-refractivity contribution in [2.24, 2.45) is 5.92 Å². The van der Waals surface area contributed by atoms with Crippen molar-refractivity contribution in [3.63, 3.8) is 0 Å². The quantitative estimate of drug-likeness (QED) is 0.647. The summed E-state index contributed by atoms with van der Waals surface area (Å²) in [5, 5.41) is 23.3. The lowest BCUT2D eigenvalue weighted by molar-refractivity contribution is -0.384. The Morgan fingerprint density at radius 1 is 1.65 bits per heavy atom. The SMILES string of the molecule is CC1CCCC(Nc2ncccc2[N+](=O)[O-])(C(=O)O)C1. The second-order valence-electron chi connectivity index (χ2n) is 5.34. The fraction of sp³-hybridized carbons (Fsp3) is 0.538. The number of carboxylic acids is 1. The summed E-state index contributed by atoms with van der Waals surface area (Å²) in [6.07, 6.45) is 4.05. The van der Waals surface area contributed by atoms with Gasteiger partial charge in [0.1, 0.15) is 5.54 Å². The Bertz CT molecular complexity index is 534. The van der Waals surface area contributed by atoms with E-state index in [0.717, 1.165) is 12.8 Å². The summed E-state index contributed by atoms with van der Waals surface area (Å²) in [6, 6.07) is 2.78. The highest BCUT2D eigenvalue weighted by Crippen LogP contribution is 2.36. The van der Waals surface area contributed by atoms with Gasteiger partial charge in [-0.25, -0.2) is 9.78 Å². The third-order valence-corrected chi connectivity index (χ3v) is 3.75. The Morgan fingerprint density at radius 2 is 2.40 bits per heavy atom. The molecule has 0 spiro atoms. The minimum atomic E-state index is -1.17. The lowest BCUT2D eigenvalue weighted by Gasteiger charge is -2.37. The molecule has 0 radical (unpaired) electrons. The van der Waals surface area contributed by atoms with Gasteiger partial charge in [0.15, 0.2) is 0 Å². The van der Waals surface area contributed by atoms with Crippen molar-refractivity contribution in [1.29, 1.82) is 0 Å². The first-order chi connectivity index (χ1) is 9.44. The van der Waals surface area contributed by atoms with Crippen molar-refractivity contribution < 1.29 is 14.8 Å². The predicted molar refractivity (Wildman–Crippen MR) is 72.5 cm³/mol. The van der Waals surface area contributed by atoms with Gasteiger partial charge >= 0.3 is 11.7 Å². The van der Waals surface area contributed by atoms with Crippen molar-refractivity contribution in [1.82, 2.24) is 4.98 Å². The van der Waals surface area contributed by atoms with Gasteiger partial charge < -0.3 is 10.4 Å². The maximum atomic E-state index is 11.6. The van der Waals surface area contributed by atoms with Gasteiger partial charge in [0, 0.05) is 12.3 Å². The number of aliphatic carboxylic acids is 1. The van der Waals surface area contributed by atoms with Gasteiger partial charge in [0.05, 0.1) is 4.92 Å². The molecule has 0 saturated heterocycles. The molecule has 0 aromatic carbocycles. The molecular formula is C13H17N3O4. The molecule has 2 atom stereocenters. The van der Waals surface area contributed by atoms with Gasteiger partial charge in [-0.2, -0.15) is 0 Å². The van der Waals surface area contributed by atoms with E-state index >= 15 is 0 Å². The van der Waals surface area contributed by atoms with Gasteiger partial charge in [-0.1, -0.05) is 19.8 Å². The number of hydrogen-bond acceptors (Lipinski definition) is 5. The second-order valence-corrected chi connectivity index (χ2v) is 5.34. The van der Waals surface area contributed by atoms with Crippen LogP contribution in [-0.2, 0) is 4.79 Å². The van der Waals surface area contributed by atoms with Crippen LogP contribution in [0.3, 0.4) is 0 Å². The summed E-state index contributed by atoms with van der Waals surface area (Å²) >= 11 is 0. The molecular weight excluding hydrogens is 262 g/mol. The zero-order chi connectivity index (χ0) is 14.8. The summed E-state index contributed by atoms with van der Waals surface area (Å²) in [6.45, 7) is 1.99. The first kappa shape index (κ1) is 14.2. The average Bonchev–Trinajstić information content (AvgIpc) is 2.39. The van der Waals surface area contributed by atoms with Crippen LogP contribution in [0.1, 0.15) is 32.6 Å². The van der Waals surface area contributed by atoms with Crippen LogP contribution in [0.5, 0.6) is 0 Å². The van der Waals surface area contributed by atoms with Crippen molar-refractivity contribution in [3.8, 4) is 0 Å². The van der Waals surface area contributed by atoms with E-state index < -0.39 is 16.4 Å². The maximum absolute atomic E-state index is 11.6. The highest BCUT2D eigenvalue weighted by atomic mass is 16.6. The number of aromatic nitrogens is 1. The molecule has 108 valence electrons. The Hall–Kier alpha value is -2.18. The number of carbonyl (C=O) groups is 1. The standard InChI is InChI=1S/C13H17N3O4/c1-9-4-2-6-13(8-9,12(17)18)15-11-10(16(19)20)5-3-7-14-11/h3,5,7,9H,2,4,6,8H2,1H3,(H,14,15)(H,17,18). The highest BCUT2D eigenvalue weighted by Gasteiger charge is 2.43. The largest absolute Gasteiger partial charge is 0.480 e. The van der Waals surface area contributed by atoms with Crippen LogP contribution in [0.25, 0.3) is 0 Å². The zero-order valence-corrected chi connectivity index (χ0v) is 11.2. The van der Waals surface area contributed by atoms with Gasteiger partial charge in [0.25, 0.3) is 0 Å². The molecule has 2 N–H and O–H groups in total. The van der Waals surface area contributed by atoms with Crippen molar-refractivity contribution >= 4 is 17.5 Å². The summed E-state index contributed by atoms with van der Waals surface area (Å²) in [7, 11) is 0. The minimum absolute atomic E-state index is 0.0222. The molecule has 1 aliphatic carbocycles. The summed E-state index contributed by atoms with van der Waals surface area (Å²) < 4.78 is 0. The van der Waals surface area contributed by atoms with Crippen molar-refractivity contribution in [3.05, 3.63) is 28.4 Å². The highest BCUT2D eigenvalue weighted by molar-refractivity contribution is 5.83. The Morgan fingerprint density at radius 3 is 3.00 bits per heavy atom. The van der Waals surface area contributed by atoms with E-state index in [4.69, 9.17) is 0 Å². The molecule has 0 amide bonds. The predicted octanol–water partition coefficient (Wildman–Crippen LogP) is 2.44. The number of pyridine rings is 1.